The van der Waals surface area contributed by atoms with E-state index in [4.69, 9.17) is 5.26 Å². The lowest BCUT2D eigenvalue weighted by atomic mass is 9.93. The molecule has 0 aromatic heterocycles. The van der Waals surface area contributed by atoms with Crippen molar-refractivity contribution in [2.45, 2.75) is 58.2 Å². The first-order valence-corrected chi connectivity index (χ1v) is 10.6. The first-order valence-electron chi connectivity index (χ1n) is 10.6. The number of likely N-dealkylation sites (tertiary alicyclic amines) is 1. The van der Waals surface area contributed by atoms with Crippen molar-refractivity contribution in [3.63, 3.8) is 0 Å². The van der Waals surface area contributed by atoms with E-state index in [1.165, 1.54) is 37.8 Å². The van der Waals surface area contributed by atoms with Gasteiger partial charge in [0.2, 0.25) is 17.7 Å². The number of nitrogens with one attached hydrogen (secondary N) is 2. The summed E-state index contributed by atoms with van der Waals surface area (Å²) in [5, 5.41) is 24.2. The average Bonchev–Trinajstić information content (AvgIpc) is 2.74. The van der Waals surface area contributed by atoms with Gasteiger partial charge in [0, 0.05) is 32.1 Å². The van der Waals surface area contributed by atoms with Crippen LogP contribution in [0.5, 0.6) is 5.75 Å². The van der Waals surface area contributed by atoms with Crippen LogP contribution in [0.15, 0.2) is 18.2 Å². The second kappa shape index (κ2) is 10.7. The van der Waals surface area contributed by atoms with Crippen LogP contribution in [-0.4, -0.2) is 58.8 Å². The number of rotatable bonds is 7. The summed E-state index contributed by atoms with van der Waals surface area (Å²) in [4.78, 5) is 38.5. The van der Waals surface area contributed by atoms with Gasteiger partial charge in [0.15, 0.2) is 0 Å². The van der Waals surface area contributed by atoms with Gasteiger partial charge in [-0.1, -0.05) is 6.07 Å². The van der Waals surface area contributed by atoms with E-state index in [1.807, 2.05) is 0 Å². The highest BCUT2D eigenvalue weighted by atomic mass is 19.4. The molecule has 186 valence electrons. The number of halogens is 3. The number of hydrogen-bond acceptors (Lipinski definition) is 6. The van der Waals surface area contributed by atoms with Gasteiger partial charge in [-0.25, -0.2) is 0 Å². The summed E-state index contributed by atoms with van der Waals surface area (Å²) >= 11 is 0. The van der Waals surface area contributed by atoms with Crippen molar-refractivity contribution >= 4 is 17.7 Å². The quantitative estimate of drug-likeness (QED) is 0.539. The lowest BCUT2D eigenvalue weighted by Crippen LogP contribution is -2.60. The van der Waals surface area contributed by atoms with Crippen LogP contribution in [0.1, 0.15) is 44.7 Å². The molecule has 0 radical (unpaired) electrons. The Morgan fingerprint density at radius 2 is 2.00 bits per heavy atom. The Morgan fingerprint density at radius 1 is 1.32 bits per heavy atom. The van der Waals surface area contributed by atoms with Crippen molar-refractivity contribution in [1.29, 1.82) is 5.26 Å². The predicted molar refractivity (Wildman–Crippen MR) is 113 cm³/mol. The van der Waals surface area contributed by atoms with Crippen molar-refractivity contribution in [2.75, 3.05) is 13.1 Å². The summed E-state index contributed by atoms with van der Waals surface area (Å²) in [5.74, 6) is -2.73. The van der Waals surface area contributed by atoms with E-state index in [1.54, 1.807) is 6.07 Å². The van der Waals surface area contributed by atoms with Gasteiger partial charge in [-0.15, -0.1) is 13.2 Å². The molecule has 34 heavy (non-hydrogen) atoms. The van der Waals surface area contributed by atoms with Gasteiger partial charge in [0.05, 0.1) is 23.2 Å². The third-order valence-electron chi connectivity index (χ3n) is 5.28. The van der Waals surface area contributed by atoms with E-state index in [2.05, 4.69) is 15.4 Å². The average molecular weight is 484 g/mol. The highest BCUT2D eigenvalue weighted by Gasteiger charge is 2.39. The van der Waals surface area contributed by atoms with Crippen molar-refractivity contribution in [3.05, 3.63) is 29.3 Å². The molecule has 1 aliphatic rings. The summed E-state index contributed by atoms with van der Waals surface area (Å²) in [7, 11) is 0. The van der Waals surface area contributed by atoms with E-state index < -0.39 is 47.4 Å². The maximum Gasteiger partial charge on any atom is 0.573 e. The fourth-order valence-corrected chi connectivity index (χ4v) is 3.63. The predicted octanol–water partition coefficient (Wildman–Crippen LogP) is 1.59. The Hall–Kier alpha value is -3.33. The minimum absolute atomic E-state index is 0.0239. The number of piperidine rings is 1. The fraction of sp³-hybridized carbons (Fsp3) is 0.545. The first-order chi connectivity index (χ1) is 15.7. The number of carbonyl (C=O) groups excluding carboxylic acids is 3. The molecule has 2 rings (SSSR count). The van der Waals surface area contributed by atoms with E-state index in [0.717, 1.165) is 6.07 Å². The van der Waals surface area contributed by atoms with Gasteiger partial charge in [-0.2, -0.15) is 5.26 Å². The van der Waals surface area contributed by atoms with E-state index >= 15 is 0 Å². The molecule has 1 saturated heterocycles. The zero-order valence-corrected chi connectivity index (χ0v) is 19.0. The van der Waals surface area contributed by atoms with Crippen molar-refractivity contribution in [2.24, 2.45) is 5.92 Å². The molecule has 1 aromatic carbocycles. The Balaban J connectivity index is 2.08. The third kappa shape index (κ3) is 7.62. The second-order valence-corrected chi connectivity index (χ2v) is 8.61. The Kier molecular flexibility index (Phi) is 8.50. The minimum Gasteiger partial charge on any atom is -0.405 e. The molecule has 1 aliphatic heterocycles. The van der Waals surface area contributed by atoms with Crippen molar-refractivity contribution in [3.8, 4) is 11.8 Å². The van der Waals surface area contributed by atoms with Crippen molar-refractivity contribution < 1.29 is 37.4 Å². The molecule has 1 fully saturated rings. The van der Waals surface area contributed by atoms with Gasteiger partial charge < -0.3 is 25.4 Å². The second-order valence-electron chi connectivity index (χ2n) is 8.61. The number of nitrogens with zero attached hydrogens (tertiary/aromatic N) is 2. The van der Waals surface area contributed by atoms with Crippen molar-refractivity contribution in [1.82, 2.24) is 15.5 Å². The Morgan fingerprint density at radius 3 is 2.56 bits per heavy atom. The molecule has 0 spiro atoms. The van der Waals surface area contributed by atoms with Crippen LogP contribution in [0.3, 0.4) is 0 Å². The number of benzene rings is 1. The maximum absolute atomic E-state index is 12.9. The smallest absolute Gasteiger partial charge is 0.405 e. The third-order valence-corrected chi connectivity index (χ3v) is 5.28. The molecule has 2 atom stereocenters. The number of aliphatic hydroxyl groups is 1. The van der Waals surface area contributed by atoms with Crippen LogP contribution in [0.2, 0.25) is 0 Å². The number of amides is 3. The zero-order chi connectivity index (χ0) is 25.7. The summed E-state index contributed by atoms with van der Waals surface area (Å²) in [6.45, 7) is 4.07. The van der Waals surface area contributed by atoms with E-state index in [-0.39, 0.29) is 24.2 Å². The lowest BCUT2D eigenvalue weighted by molar-refractivity contribution is -0.274. The molecule has 0 bridgehead atoms. The molecular weight excluding hydrogens is 457 g/mol. The summed E-state index contributed by atoms with van der Waals surface area (Å²) in [5.41, 5.74) is -1.54. The highest BCUT2D eigenvalue weighted by Crippen LogP contribution is 2.28. The number of alkyl halides is 3. The maximum atomic E-state index is 12.9. The summed E-state index contributed by atoms with van der Waals surface area (Å²) in [6, 6.07) is 4.04. The highest BCUT2D eigenvalue weighted by molar-refractivity contribution is 5.88. The topological polar surface area (TPSA) is 132 Å². The van der Waals surface area contributed by atoms with Gasteiger partial charge >= 0.3 is 6.36 Å². The number of nitriles is 1. The summed E-state index contributed by atoms with van der Waals surface area (Å²) in [6.07, 6.45) is -4.04. The zero-order valence-electron chi connectivity index (χ0n) is 19.0. The largest absolute Gasteiger partial charge is 0.573 e. The van der Waals surface area contributed by atoms with Gasteiger partial charge in [-0.3, -0.25) is 14.4 Å². The van der Waals surface area contributed by atoms with Gasteiger partial charge in [-0.05, 0) is 38.8 Å². The molecule has 0 saturated carbocycles. The van der Waals surface area contributed by atoms with Crippen LogP contribution in [0, 0.1) is 17.2 Å². The molecular formula is C22H27F3N4O5. The number of ether oxygens (including phenoxy) is 1. The summed E-state index contributed by atoms with van der Waals surface area (Å²) < 4.78 is 42.1. The Labute approximate surface area is 194 Å². The molecule has 1 aromatic rings. The standard InChI is InChI=1S/C22H27F3N4O5/c1-13(30)28-18(21(2,3)33)20(32)29-8-4-5-16(12-29)19(31)27-11-15-7-6-14(10-26)9-17(15)34-22(23,24)25/h6-7,9,16,18,33H,4-5,8,11-12H2,1-3H3,(H,27,31)(H,28,30). The van der Waals surface area contributed by atoms with Gasteiger partial charge in [0.25, 0.3) is 0 Å². The normalized spacial score (nSPS) is 17.4. The first kappa shape index (κ1) is 26.9. The van der Waals surface area contributed by atoms with Crippen LogP contribution in [0.4, 0.5) is 13.2 Å². The fourth-order valence-electron chi connectivity index (χ4n) is 3.63. The number of carbonyl (C=O) groups is 3. The molecule has 1 heterocycles. The molecule has 2 unspecified atom stereocenters. The molecule has 12 heteroatoms. The van der Waals surface area contributed by atoms with Crippen LogP contribution in [-0.2, 0) is 20.9 Å². The molecule has 3 N–H and O–H groups in total. The molecule has 3 amide bonds. The molecule has 9 nitrogen and oxygen atoms in total. The van der Waals surface area contributed by atoms with E-state index in [0.29, 0.717) is 19.4 Å². The Bertz CT molecular complexity index is 969. The van der Waals surface area contributed by atoms with Crippen LogP contribution in [0.25, 0.3) is 0 Å². The monoisotopic (exact) mass is 484 g/mol. The van der Waals surface area contributed by atoms with E-state index in [9.17, 15) is 32.7 Å². The van der Waals surface area contributed by atoms with Crippen LogP contribution >= 0.6 is 0 Å². The molecule has 0 aliphatic carbocycles. The lowest BCUT2D eigenvalue weighted by Gasteiger charge is -2.37. The minimum atomic E-state index is -4.97. The van der Waals surface area contributed by atoms with Crippen LogP contribution < -0.4 is 15.4 Å². The SMILES string of the molecule is CC(=O)NC(C(=O)N1CCCC(C(=O)NCc2ccc(C#N)cc2OC(F)(F)F)C1)C(C)(C)O. The number of hydrogen-bond donors (Lipinski definition) is 3. The van der Waals surface area contributed by atoms with Gasteiger partial charge in [0.1, 0.15) is 11.8 Å².